The van der Waals surface area contributed by atoms with Crippen molar-refractivity contribution in [3.05, 3.63) is 35.4 Å². The molecule has 1 saturated heterocycles. The predicted molar refractivity (Wildman–Crippen MR) is 51.7 cm³/mol. The van der Waals surface area contributed by atoms with Gasteiger partial charge in [-0.25, -0.2) is 0 Å². The molecule has 0 spiro atoms. The number of hydrogen-bond acceptors (Lipinski definition) is 2. The van der Waals surface area contributed by atoms with Crippen LogP contribution < -0.4 is 5.32 Å². The lowest BCUT2D eigenvalue weighted by Crippen LogP contribution is -2.21. The summed E-state index contributed by atoms with van der Waals surface area (Å²) >= 11 is 0. The zero-order valence-corrected chi connectivity index (χ0v) is 7.91. The summed E-state index contributed by atoms with van der Waals surface area (Å²) in [5.41, 5.74) is 2.07. The highest BCUT2D eigenvalue weighted by Gasteiger charge is 2.31. The molecule has 1 aliphatic heterocycles. The molecule has 14 heavy (non-hydrogen) atoms. The van der Waals surface area contributed by atoms with Gasteiger partial charge in [0, 0.05) is 6.42 Å². The first kappa shape index (κ1) is 8.94. The maximum absolute atomic E-state index is 11.3. The Hall–Kier alpha value is -1.64. The van der Waals surface area contributed by atoms with Gasteiger partial charge in [-0.05, 0) is 12.5 Å². The fourth-order valence-corrected chi connectivity index (χ4v) is 1.62. The smallest absolute Gasteiger partial charge is 0.234 e. The van der Waals surface area contributed by atoms with Crippen molar-refractivity contribution >= 4 is 11.8 Å². The molecule has 0 aromatic heterocycles. The van der Waals surface area contributed by atoms with E-state index < -0.39 is 0 Å². The summed E-state index contributed by atoms with van der Waals surface area (Å²) in [4.78, 5) is 22.3. The number of hydrogen-bond donors (Lipinski definition) is 1. The van der Waals surface area contributed by atoms with Crippen LogP contribution in [-0.2, 0) is 9.59 Å². The van der Waals surface area contributed by atoms with Gasteiger partial charge in [-0.15, -0.1) is 0 Å². The fraction of sp³-hybridized carbons (Fsp3) is 0.273. The zero-order valence-electron chi connectivity index (χ0n) is 7.91. The van der Waals surface area contributed by atoms with Crippen molar-refractivity contribution in [2.45, 2.75) is 19.3 Å². The molecular weight excluding hydrogens is 178 g/mol. The van der Waals surface area contributed by atoms with E-state index >= 15 is 0 Å². The monoisotopic (exact) mass is 189 g/mol. The Morgan fingerprint density at radius 2 is 1.86 bits per heavy atom. The van der Waals surface area contributed by atoms with Crippen molar-refractivity contribution < 1.29 is 9.59 Å². The number of carbonyl (C=O) groups is 2. The normalized spacial score (nSPS) is 21.1. The Balaban J connectivity index is 2.27. The molecule has 0 bridgehead atoms. The van der Waals surface area contributed by atoms with Crippen LogP contribution in [-0.4, -0.2) is 11.8 Å². The highest BCUT2D eigenvalue weighted by molar-refractivity contribution is 6.06. The van der Waals surface area contributed by atoms with Gasteiger partial charge in [0.05, 0.1) is 5.92 Å². The van der Waals surface area contributed by atoms with Crippen LogP contribution in [0.2, 0.25) is 0 Å². The first-order valence-corrected chi connectivity index (χ1v) is 4.57. The Bertz CT molecular complexity index is 381. The quantitative estimate of drug-likeness (QED) is 0.673. The molecule has 3 heteroatoms. The van der Waals surface area contributed by atoms with E-state index in [1.165, 1.54) is 0 Å². The maximum atomic E-state index is 11.3. The number of aryl methyl sites for hydroxylation is 1. The molecule has 1 aromatic rings. The van der Waals surface area contributed by atoms with Gasteiger partial charge < -0.3 is 0 Å². The molecule has 1 aromatic carbocycles. The molecule has 1 fully saturated rings. The van der Waals surface area contributed by atoms with E-state index in [1.54, 1.807) is 0 Å². The van der Waals surface area contributed by atoms with Crippen LogP contribution in [0.25, 0.3) is 0 Å². The highest BCUT2D eigenvalue weighted by Crippen LogP contribution is 2.24. The van der Waals surface area contributed by atoms with E-state index in [-0.39, 0.29) is 24.2 Å². The fourth-order valence-electron chi connectivity index (χ4n) is 1.62. The maximum Gasteiger partial charge on any atom is 0.234 e. The van der Waals surface area contributed by atoms with Crippen LogP contribution in [0.1, 0.15) is 23.5 Å². The van der Waals surface area contributed by atoms with Crippen molar-refractivity contribution in [3.8, 4) is 0 Å². The molecule has 0 aliphatic carbocycles. The lowest BCUT2D eigenvalue weighted by molar-refractivity contribution is -0.125. The third-order valence-electron chi connectivity index (χ3n) is 2.45. The summed E-state index contributed by atoms with van der Waals surface area (Å²) in [5, 5.41) is 2.30. The van der Waals surface area contributed by atoms with E-state index in [1.807, 2.05) is 31.2 Å². The summed E-state index contributed by atoms with van der Waals surface area (Å²) in [6.45, 7) is 1.99. The minimum atomic E-state index is -0.289. The van der Waals surface area contributed by atoms with Gasteiger partial charge in [0.15, 0.2) is 0 Å². The van der Waals surface area contributed by atoms with Crippen LogP contribution >= 0.6 is 0 Å². The summed E-state index contributed by atoms with van der Waals surface area (Å²) in [6.07, 6.45) is 0.280. The standard InChI is InChI=1S/C11H11NO2/c1-7-2-4-8(5-3-7)9-6-10(13)12-11(9)14/h2-5,9H,6H2,1H3,(H,12,13,14)/t9-/m1/s1. The van der Waals surface area contributed by atoms with Crippen molar-refractivity contribution in [1.82, 2.24) is 5.32 Å². The SMILES string of the molecule is Cc1ccc([C@H]2CC(=O)NC2=O)cc1. The van der Waals surface area contributed by atoms with Gasteiger partial charge in [-0.3, -0.25) is 14.9 Å². The van der Waals surface area contributed by atoms with Gasteiger partial charge in [0.25, 0.3) is 0 Å². The van der Waals surface area contributed by atoms with Crippen molar-refractivity contribution in [1.29, 1.82) is 0 Å². The average Bonchev–Trinajstić information content (AvgIpc) is 2.47. The van der Waals surface area contributed by atoms with E-state index in [9.17, 15) is 9.59 Å². The summed E-state index contributed by atoms with van der Waals surface area (Å²) < 4.78 is 0. The van der Waals surface area contributed by atoms with Gasteiger partial charge in [-0.1, -0.05) is 29.8 Å². The first-order valence-electron chi connectivity index (χ1n) is 4.57. The third-order valence-corrected chi connectivity index (χ3v) is 2.45. The first-order chi connectivity index (χ1) is 6.66. The number of rotatable bonds is 1. The largest absolute Gasteiger partial charge is 0.296 e. The molecule has 1 aliphatic rings. The minimum absolute atomic E-state index is 0.180. The Morgan fingerprint density at radius 1 is 1.21 bits per heavy atom. The third kappa shape index (κ3) is 1.53. The van der Waals surface area contributed by atoms with Crippen molar-refractivity contribution in [2.75, 3.05) is 0 Å². The van der Waals surface area contributed by atoms with Gasteiger partial charge in [-0.2, -0.15) is 0 Å². The predicted octanol–water partition coefficient (Wildman–Crippen LogP) is 1.13. The second-order valence-electron chi connectivity index (χ2n) is 3.58. The Morgan fingerprint density at radius 3 is 2.36 bits per heavy atom. The van der Waals surface area contributed by atoms with Crippen LogP contribution in [0.4, 0.5) is 0 Å². The molecule has 0 saturated carbocycles. The minimum Gasteiger partial charge on any atom is -0.296 e. The molecule has 1 N–H and O–H groups in total. The second-order valence-corrected chi connectivity index (χ2v) is 3.58. The van der Waals surface area contributed by atoms with Crippen LogP contribution in [0.3, 0.4) is 0 Å². The van der Waals surface area contributed by atoms with E-state index in [0.717, 1.165) is 11.1 Å². The lowest BCUT2D eigenvalue weighted by Gasteiger charge is -2.05. The van der Waals surface area contributed by atoms with Gasteiger partial charge in [0.1, 0.15) is 0 Å². The molecule has 0 unspecified atom stereocenters. The number of imide groups is 1. The van der Waals surface area contributed by atoms with Crippen molar-refractivity contribution in [3.63, 3.8) is 0 Å². The molecule has 2 amide bonds. The van der Waals surface area contributed by atoms with Crippen LogP contribution in [0.15, 0.2) is 24.3 Å². The van der Waals surface area contributed by atoms with E-state index in [0.29, 0.717) is 0 Å². The molecule has 3 nitrogen and oxygen atoms in total. The zero-order chi connectivity index (χ0) is 10.1. The summed E-state index contributed by atoms with van der Waals surface area (Å²) in [5.74, 6) is -0.650. The molecule has 2 rings (SSSR count). The molecule has 0 radical (unpaired) electrons. The number of benzene rings is 1. The van der Waals surface area contributed by atoms with E-state index in [4.69, 9.17) is 0 Å². The van der Waals surface area contributed by atoms with Gasteiger partial charge in [0.2, 0.25) is 11.8 Å². The molecular formula is C11H11NO2. The average molecular weight is 189 g/mol. The highest BCUT2D eigenvalue weighted by atomic mass is 16.2. The van der Waals surface area contributed by atoms with Crippen molar-refractivity contribution in [2.24, 2.45) is 0 Å². The van der Waals surface area contributed by atoms with E-state index in [2.05, 4.69) is 5.32 Å². The number of carbonyl (C=O) groups excluding carboxylic acids is 2. The summed E-state index contributed by atoms with van der Waals surface area (Å²) in [6, 6.07) is 7.70. The molecule has 1 atom stereocenters. The summed E-state index contributed by atoms with van der Waals surface area (Å²) in [7, 11) is 0. The van der Waals surface area contributed by atoms with Gasteiger partial charge >= 0.3 is 0 Å². The molecule has 72 valence electrons. The van der Waals surface area contributed by atoms with Crippen LogP contribution in [0, 0.1) is 6.92 Å². The lowest BCUT2D eigenvalue weighted by atomic mass is 9.97. The Labute approximate surface area is 82.1 Å². The second kappa shape index (κ2) is 3.25. The number of amides is 2. The van der Waals surface area contributed by atoms with Crippen LogP contribution in [0.5, 0.6) is 0 Å². The number of nitrogens with one attached hydrogen (secondary N) is 1. The molecule has 1 heterocycles. The Kier molecular flexibility index (Phi) is 2.08. The topological polar surface area (TPSA) is 46.2 Å².